The SMILES string of the molecule is CCOc1ccccc1NC(=O)Cn1c(=O)n(CCc2ccccc2)c(=O)c2cccnc21. The van der Waals surface area contributed by atoms with Crippen LogP contribution >= 0.6 is 0 Å². The lowest BCUT2D eigenvalue weighted by Gasteiger charge is -2.14. The number of benzene rings is 2. The molecule has 0 saturated heterocycles. The van der Waals surface area contributed by atoms with Gasteiger partial charge in [0.05, 0.1) is 17.7 Å². The minimum atomic E-state index is -0.574. The van der Waals surface area contributed by atoms with Crippen molar-refractivity contribution in [2.45, 2.75) is 26.4 Å². The number of fused-ring (bicyclic) bond motifs is 1. The van der Waals surface area contributed by atoms with E-state index in [-0.39, 0.29) is 24.1 Å². The fourth-order valence-corrected chi connectivity index (χ4v) is 3.66. The van der Waals surface area contributed by atoms with E-state index < -0.39 is 17.2 Å². The molecule has 2 aromatic carbocycles. The molecule has 4 rings (SSSR count). The number of carbonyl (C=O) groups excluding carboxylic acids is 1. The van der Waals surface area contributed by atoms with E-state index in [1.807, 2.05) is 43.3 Å². The van der Waals surface area contributed by atoms with E-state index in [0.717, 1.165) is 5.56 Å². The summed E-state index contributed by atoms with van der Waals surface area (Å²) >= 11 is 0. The molecule has 0 radical (unpaired) electrons. The Morgan fingerprint density at radius 2 is 1.73 bits per heavy atom. The van der Waals surface area contributed by atoms with E-state index in [0.29, 0.717) is 24.5 Å². The summed E-state index contributed by atoms with van der Waals surface area (Å²) in [6.45, 7) is 2.21. The molecule has 0 fully saturated rings. The summed E-state index contributed by atoms with van der Waals surface area (Å²) in [5.74, 6) is 0.112. The number of rotatable bonds is 8. The lowest BCUT2D eigenvalue weighted by Crippen LogP contribution is -2.42. The van der Waals surface area contributed by atoms with Gasteiger partial charge >= 0.3 is 5.69 Å². The largest absolute Gasteiger partial charge is 0.492 e. The van der Waals surface area contributed by atoms with Crippen LogP contribution in [0.15, 0.2) is 82.5 Å². The number of pyridine rings is 1. The van der Waals surface area contributed by atoms with Crippen LogP contribution in [0.3, 0.4) is 0 Å². The average molecular weight is 444 g/mol. The van der Waals surface area contributed by atoms with Crippen LogP contribution in [0.25, 0.3) is 11.0 Å². The van der Waals surface area contributed by atoms with Gasteiger partial charge in [0.2, 0.25) is 5.91 Å². The van der Waals surface area contributed by atoms with Crippen molar-refractivity contribution in [3.05, 3.63) is 99.3 Å². The monoisotopic (exact) mass is 444 g/mol. The van der Waals surface area contributed by atoms with E-state index in [9.17, 15) is 14.4 Å². The lowest BCUT2D eigenvalue weighted by molar-refractivity contribution is -0.116. The summed E-state index contributed by atoms with van der Waals surface area (Å²) in [6.07, 6.45) is 2.00. The van der Waals surface area contributed by atoms with Gasteiger partial charge in [-0.2, -0.15) is 0 Å². The molecule has 33 heavy (non-hydrogen) atoms. The molecule has 8 nitrogen and oxygen atoms in total. The van der Waals surface area contributed by atoms with Crippen LogP contribution in [0.2, 0.25) is 0 Å². The molecule has 0 aliphatic carbocycles. The third-order valence-corrected chi connectivity index (χ3v) is 5.21. The van der Waals surface area contributed by atoms with Crippen molar-refractivity contribution in [3.8, 4) is 5.75 Å². The molecular formula is C25H24N4O4. The van der Waals surface area contributed by atoms with Gasteiger partial charge < -0.3 is 10.1 Å². The number of para-hydroxylation sites is 2. The second-order valence-electron chi connectivity index (χ2n) is 7.41. The number of ether oxygens (including phenoxy) is 1. The minimum absolute atomic E-state index is 0.178. The second-order valence-corrected chi connectivity index (χ2v) is 7.41. The molecule has 2 heterocycles. The van der Waals surface area contributed by atoms with Crippen LogP contribution in [0.5, 0.6) is 5.75 Å². The first-order valence-corrected chi connectivity index (χ1v) is 10.7. The highest BCUT2D eigenvalue weighted by Crippen LogP contribution is 2.23. The number of nitrogens with zero attached hydrogens (tertiary/aromatic N) is 3. The number of anilines is 1. The van der Waals surface area contributed by atoms with Gasteiger partial charge in [0.15, 0.2) is 0 Å². The molecule has 168 valence electrons. The Bertz CT molecular complexity index is 1390. The van der Waals surface area contributed by atoms with Gasteiger partial charge in [0, 0.05) is 12.7 Å². The highest BCUT2D eigenvalue weighted by molar-refractivity contribution is 5.92. The molecule has 1 amide bonds. The molecule has 0 unspecified atom stereocenters. The summed E-state index contributed by atoms with van der Waals surface area (Å²) < 4.78 is 7.95. The molecule has 0 aliphatic rings. The highest BCUT2D eigenvalue weighted by Gasteiger charge is 2.17. The van der Waals surface area contributed by atoms with Crippen LogP contribution in [0, 0.1) is 0 Å². The van der Waals surface area contributed by atoms with Crippen molar-refractivity contribution in [3.63, 3.8) is 0 Å². The van der Waals surface area contributed by atoms with Crippen molar-refractivity contribution >= 4 is 22.6 Å². The third kappa shape index (κ3) is 4.85. The Morgan fingerprint density at radius 1 is 0.970 bits per heavy atom. The average Bonchev–Trinajstić information content (AvgIpc) is 2.84. The van der Waals surface area contributed by atoms with Crippen molar-refractivity contribution in [1.29, 1.82) is 0 Å². The maximum absolute atomic E-state index is 13.3. The van der Waals surface area contributed by atoms with Crippen molar-refractivity contribution < 1.29 is 9.53 Å². The number of aryl methyl sites for hydroxylation is 1. The molecule has 0 aliphatic heterocycles. The molecule has 0 saturated carbocycles. The first kappa shape index (κ1) is 22.0. The van der Waals surface area contributed by atoms with Crippen LogP contribution < -0.4 is 21.3 Å². The van der Waals surface area contributed by atoms with Crippen molar-refractivity contribution in [2.75, 3.05) is 11.9 Å². The first-order valence-electron chi connectivity index (χ1n) is 10.7. The summed E-state index contributed by atoms with van der Waals surface area (Å²) in [5, 5.41) is 3.07. The maximum Gasteiger partial charge on any atom is 0.333 e. The summed E-state index contributed by atoms with van der Waals surface area (Å²) in [5.41, 5.74) is 0.698. The summed E-state index contributed by atoms with van der Waals surface area (Å²) in [4.78, 5) is 43.4. The minimum Gasteiger partial charge on any atom is -0.492 e. The van der Waals surface area contributed by atoms with Crippen LogP contribution in [-0.4, -0.2) is 26.6 Å². The number of carbonyl (C=O) groups is 1. The number of hydrogen-bond acceptors (Lipinski definition) is 5. The Labute approximate surface area is 190 Å². The molecule has 8 heteroatoms. The van der Waals surface area contributed by atoms with Crippen molar-refractivity contribution in [1.82, 2.24) is 14.1 Å². The fraction of sp³-hybridized carbons (Fsp3) is 0.200. The molecule has 0 atom stereocenters. The van der Waals surface area contributed by atoms with Gasteiger partial charge in [0.1, 0.15) is 17.9 Å². The smallest absolute Gasteiger partial charge is 0.333 e. The zero-order chi connectivity index (χ0) is 23.2. The van der Waals surface area contributed by atoms with Gasteiger partial charge in [-0.3, -0.25) is 18.7 Å². The van der Waals surface area contributed by atoms with Gasteiger partial charge in [0.25, 0.3) is 5.56 Å². The third-order valence-electron chi connectivity index (χ3n) is 5.21. The lowest BCUT2D eigenvalue weighted by atomic mass is 10.1. The fourth-order valence-electron chi connectivity index (χ4n) is 3.66. The summed E-state index contributed by atoms with van der Waals surface area (Å²) in [7, 11) is 0. The van der Waals surface area contributed by atoms with Gasteiger partial charge in [-0.1, -0.05) is 42.5 Å². The highest BCUT2D eigenvalue weighted by atomic mass is 16.5. The van der Waals surface area contributed by atoms with E-state index in [4.69, 9.17) is 4.74 Å². The maximum atomic E-state index is 13.3. The van der Waals surface area contributed by atoms with Gasteiger partial charge in [-0.05, 0) is 43.2 Å². The van der Waals surface area contributed by atoms with Crippen LogP contribution in [-0.2, 0) is 24.3 Å². The van der Waals surface area contributed by atoms with E-state index >= 15 is 0 Å². The van der Waals surface area contributed by atoms with Gasteiger partial charge in [-0.15, -0.1) is 0 Å². The number of hydrogen-bond donors (Lipinski definition) is 1. The first-order chi connectivity index (χ1) is 16.1. The Hall–Kier alpha value is -4.20. The van der Waals surface area contributed by atoms with Gasteiger partial charge in [-0.25, -0.2) is 9.78 Å². The second kappa shape index (κ2) is 9.95. The Morgan fingerprint density at radius 3 is 2.52 bits per heavy atom. The topological polar surface area (TPSA) is 95.2 Å². The zero-order valence-corrected chi connectivity index (χ0v) is 18.2. The predicted molar refractivity (Wildman–Crippen MR) is 127 cm³/mol. The normalized spacial score (nSPS) is 10.8. The molecule has 1 N–H and O–H groups in total. The van der Waals surface area contributed by atoms with Crippen LogP contribution in [0.4, 0.5) is 5.69 Å². The molecule has 2 aromatic heterocycles. The molecule has 4 aromatic rings. The van der Waals surface area contributed by atoms with E-state index in [1.54, 1.807) is 30.3 Å². The molecular weight excluding hydrogens is 420 g/mol. The summed E-state index contributed by atoms with van der Waals surface area (Å²) in [6, 6.07) is 19.9. The zero-order valence-electron chi connectivity index (χ0n) is 18.2. The van der Waals surface area contributed by atoms with E-state index in [2.05, 4.69) is 10.3 Å². The quantitative estimate of drug-likeness (QED) is 0.451. The van der Waals surface area contributed by atoms with Crippen LogP contribution in [0.1, 0.15) is 12.5 Å². The predicted octanol–water partition coefficient (Wildman–Crippen LogP) is 2.84. The Kier molecular flexibility index (Phi) is 6.64. The standard InChI is InChI=1S/C25H24N4O4/c1-2-33-21-13-7-6-12-20(21)27-22(30)17-29-23-19(11-8-15-26-23)24(31)28(25(29)32)16-14-18-9-4-3-5-10-18/h3-13,15H,2,14,16-17H2,1H3,(H,27,30). The van der Waals surface area contributed by atoms with E-state index in [1.165, 1.54) is 15.3 Å². The Balaban J connectivity index is 1.67. The molecule has 0 bridgehead atoms. The number of aromatic nitrogens is 3. The van der Waals surface area contributed by atoms with Crippen molar-refractivity contribution in [2.24, 2.45) is 0 Å². The number of nitrogens with one attached hydrogen (secondary N) is 1. The molecule has 0 spiro atoms. The number of amides is 1.